The summed E-state index contributed by atoms with van der Waals surface area (Å²) in [7, 11) is -1.97. The molecule has 0 radical (unpaired) electrons. The topological polar surface area (TPSA) is 68.3 Å². The fraction of sp³-hybridized carbons (Fsp3) is 0.400. The Morgan fingerprint density at radius 3 is 2.36 bits per heavy atom. The summed E-state index contributed by atoms with van der Waals surface area (Å²) in [5.74, 6) is 0.659. The van der Waals surface area contributed by atoms with E-state index in [0.717, 1.165) is 10.7 Å². The number of nitrogens with one attached hydrogen (secondary N) is 1. The van der Waals surface area contributed by atoms with Crippen molar-refractivity contribution in [3.63, 3.8) is 0 Å². The van der Waals surface area contributed by atoms with Gasteiger partial charge >= 0.3 is 0 Å². The molecule has 22 heavy (non-hydrogen) atoms. The van der Waals surface area contributed by atoms with Crippen LogP contribution in [0.15, 0.2) is 22.4 Å². The summed E-state index contributed by atoms with van der Waals surface area (Å²) in [4.78, 5) is 4.65. The SMILES string of the molecule is COc1cc(C)c(S(=O)(=O)NCCc2nc(C)cs2)c(C)c1. The van der Waals surface area contributed by atoms with E-state index in [-0.39, 0.29) is 0 Å². The average molecular weight is 340 g/mol. The molecular formula is C15H20N2O3S2. The van der Waals surface area contributed by atoms with Gasteiger partial charge in [0.05, 0.1) is 17.0 Å². The third kappa shape index (κ3) is 3.85. The van der Waals surface area contributed by atoms with Crippen molar-refractivity contribution in [1.82, 2.24) is 9.71 Å². The number of hydrogen-bond acceptors (Lipinski definition) is 5. The van der Waals surface area contributed by atoms with Crippen LogP contribution in [-0.4, -0.2) is 27.1 Å². The van der Waals surface area contributed by atoms with Crippen LogP contribution in [0.4, 0.5) is 0 Å². The molecule has 0 saturated carbocycles. The molecule has 5 nitrogen and oxygen atoms in total. The molecule has 7 heteroatoms. The quantitative estimate of drug-likeness (QED) is 0.878. The van der Waals surface area contributed by atoms with Crippen LogP contribution in [0.5, 0.6) is 5.75 Å². The highest BCUT2D eigenvalue weighted by Gasteiger charge is 2.20. The fourth-order valence-corrected chi connectivity index (χ4v) is 4.59. The van der Waals surface area contributed by atoms with Crippen molar-refractivity contribution in [2.75, 3.05) is 13.7 Å². The molecule has 0 aliphatic carbocycles. The lowest BCUT2D eigenvalue weighted by atomic mass is 10.1. The Labute approximate surface area is 135 Å². The molecule has 0 aliphatic rings. The number of nitrogens with zero attached hydrogens (tertiary/aromatic N) is 1. The van der Waals surface area contributed by atoms with Crippen LogP contribution < -0.4 is 9.46 Å². The van der Waals surface area contributed by atoms with Gasteiger partial charge in [0, 0.05) is 24.0 Å². The summed E-state index contributed by atoms with van der Waals surface area (Å²) in [6, 6.07) is 3.46. The van der Waals surface area contributed by atoms with E-state index in [1.54, 1.807) is 44.4 Å². The van der Waals surface area contributed by atoms with Crippen molar-refractivity contribution in [2.24, 2.45) is 0 Å². The van der Waals surface area contributed by atoms with Gasteiger partial charge in [0.15, 0.2) is 0 Å². The number of ether oxygens (including phenoxy) is 1. The number of sulfonamides is 1. The van der Waals surface area contributed by atoms with Gasteiger partial charge in [-0.05, 0) is 44.0 Å². The first-order valence-corrected chi connectivity index (χ1v) is 9.25. The molecule has 120 valence electrons. The third-order valence-electron chi connectivity index (χ3n) is 3.24. The number of rotatable bonds is 6. The molecule has 0 atom stereocenters. The maximum atomic E-state index is 12.5. The van der Waals surface area contributed by atoms with Crippen molar-refractivity contribution in [3.8, 4) is 5.75 Å². The summed E-state index contributed by atoms with van der Waals surface area (Å²) in [5, 5.41) is 2.89. The molecule has 0 bridgehead atoms. The minimum atomic E-state index is -3.54. The van der Waals surface area contributed by atoms with E-state index in [1.165, 1.54) is 0 Å². The second kappa shape index (κ2) is 6.76. The predicted octanol–water partition coefficient (Wildman–Crippen LogP) is 2.60. The van der Waals surface area contributed by atoms with Crippen LogP contribution in [-0.2, 0) is 16.4 Å². The first-order valence-electron chi connectivity index (χ1n) is 6.89. The molecule has 2 aromatic rings. The highest BCUT2D eigenvalue weighted by atomic mass is 32.2. The maximum absolute atomic E-state index is 12.5. The highest BCUT2D eigenvalue weighted by Crippen LogP contribution is 2.25. The average Bonchev–Trinajstić information content (AvgIpc) is 2.83. The molecule has 0 spiro atoms. The molecule has 0 aliphatic heterocycles. The minimum absolute atomic E-state index is 0.323. The zero-order valence-corrected chi connectivity index (χ0v) is 14.8. The molecular weight excluding hydrogens is 320 g/mol. The van der Waals surface area contributed by atoms with Crippen molar-refractivity contribution in [3.05, 3.63) is 39.3 Å². The summed E-state index contributed by atoms with van der Waals surface area (Å²) in [6.07, 6.45) is 0.589. The van der Waals surface area contributed by atoms with Crippen molar-refractivity contribution in [2.45, 2.75) is 32.1 Å². The Morgan fingerprint density at radius 1 is 1.23 bits per heavy atom. The van der Waals surface area contributed by atoms with E-state index in [4.69, 9.17) is 4.74 Å². The van der Waals surface area contributed by atoms with Crippen LogP contribution in [0, 0.1) is 20.8 Å². The smallest absolute Gasteiger partial charge is 0.241 e. The van der Waals surface area contributed by atoms with E-state index < -0.39 is 10.0 Å². The van der Waals surface area contributed by atoms with Gasteiger partial charge in [-0.15, -0.1) is 11.3 Å². The number of aromatic nitrogens is 1. The Hall–Kier alpha value is -1.44. The molecule has 1 aromatic heterocycles. The van der Waals surface area contributed by atoms with Gasteiger partial charge in [0.1, 0.15) is 5.75 Å². The molecule has 0 saturated heterocycles. The van der Waals surface area contributed by atoms with Gasteiger partial charge in [-0.2, -0.15) is 0 Å². The fourth-order valence-electron chi connectivity index (χ4n) is 2.33. The molecule has 1 N–H and O–H groups in total. The summed E-state index contributed by atoms with van der Waals surface area (Å²) < 4.78 is 32.8. The van der Waals surface area contributed by atoms with Crippen LogP contribution in [0.25, 0.3) is 0 Å². The molecule has 1 aromatic carbocycles. The Morgan fingerprint density at radius 2 is 1.86 bits per heavy atom. The largest absolute Gasteiger partial charge is 0.497 e. The molecule has 2 rings (SSSR count). The Bertz CT molecular complexity index is 744. The predicted molar refractivity (Wildman–Crippen MR) is 88.2 cm³/mol. The zero-order chi connectivity index (χ0) is 16.3. The number of benzene rings is 1. The van der Waals surface area contributed by atoms with Crippen LogP contribution in [0.1, 0.15) is 21.8 Å². The molecule has 1 heterocycles. The summed E-state index contributed by atoms with van der Waals surface area (Å²) in [6.45, 7) is 5.80. The van der Waals surface area contributed by atoms with Gasteiger partial charge in [-0.25, -0.2) is 18.1 Å². The van der Waals surface area contributed by atoms with Gasteiger partial charge in [-0.3, -0.25) is 0 Å². The first-order chi connectivity index (χ1) is 10.3. The molecule has 0 amide bonds. The normalized spacial score (nSPS) is 11.6. The number of methoxy groups -OCH3 is 1. The van der Waals surface area contributed by atoms with E-state index in [2.05, 4.69) is 9.71 Å². The number of aryl methyl sites for hydroxylation is 3. The minimum Gasteiger partial charge on any atom is -0.497 e. The summed E-state index contributed by atoms with van der Waals surface area (Å²) in [5.41, 5.74) is 2.31. The second-order valence-electron chi connectivity index (χ2n) is 5.12. The van der Waals surface area contributed by atoms with E-state index >= 15 is 0 Å². The second-order valence-corrected chi connectivity index (χ2v) is 7.77. The lowest BCUT2D eigenvalue weighted by Crippen LogP contribution is -2.27. The lowest BCUT2D eigenvalue weighted by Gasteiger charge is -2.13. The van der Waals surface area contributed by atoms with E-state index in [9.17, 15) is 8.42 Å². The van der Waals surface area contributed by atoms with Crippen LogP contribution in [0.3, 0.4) is 0 Å². The Kier molecular flexibility index (Phi) is 5.20. The Balaban J connectivity index is 2.13. The maximum Gasteiger partial charge on any atom is 0.241 e. The van der Waals surface area contributed by atoms with Gasteiger partial charge in [-0.1, -0.05) is 0 Å². The van der Waals surface area contributed by atoms with Crippen molar-refractivity contribution in [1.29, 1.82) is 0 Å². The third-order valence-corrected chi connectivity index (χ3v) is 6.03. The number of thiazole rings is 1. The van der Waals surface area contributed by atoms with Gasteiger partial charge < -0.3 is 4.74 Å². The first kappa shape index (κ1) is 16.9. The van der Waals surface area contributed by atoms with Crippen LogP contribution in [0.2, 0.25) is 0 Å². The monoisotopic (exact) mass is 340 g/mol. The van der Waals surface area contributed by atoms with E-state index in [0.29, 0.717) is 34.7 Å². The van der Waals surface area contributed by atoms with Crippen molar-refractivity contribution < 1.29 is 13.2 Å². The zero-order valence-electron chi connectivity index (χ0n) is 13.1. The number of hydrogen-bond donors (Lipinski definition) is 1. The van der Waals surface area contributed by atoms with Crippen LogP contribution >= 0.6 is 11.3 Å². The van der Waals surface area contributed by atoms with E-state index in [1.807, 2.05) is 12.3 Å². The van der Waals surface area contributed by atoms with Gasteiger partial charge in [0.2, 0.25) is 10.0 Å². The van der Waals surface area contributed by atoms with Crippen molar-refractivity contribution >= 4 is 21.4 Å². The lowest BCUT2D eigenvalue weighted by molar-refractivity contribution is 0.413. The standard InChI is InChI=1S/C15H20N2O3S2/c1-10-7-13(20-4)8-11(2)15(10)22(18,19)16-6-5-14-17-12(3)9-21-14/h7-9,16H,5-6H2,1-4H3. The molecule has 0 unspecified atom stereocenters. The molecule has 0 fully saturated rings. The highest BCUT2D eigenvalue weighted by molar-refractivity contribution is 7.89. The van der Waals surface area contributed by atoms with Gasteiger partial charge in [0.25, 0.3) is 0 Å². The summed E-state index contributed by atoms with van der Waals surface area (Å²) >= 11 is 1.54.